The molecule has 2 amide bonds. The molecule has 2 aromatic rings. The maximum Gasteiger partial charge on any atom is 0.437 e. The molecule has 0 saturated carbocycles. The molecule has 0 unspecified atom stereocenters. The van der Waals surface area contributed by atoms with Crippen molar-refractivity contribution in [3.63, 3.8) is 0 Å². The van der Waals surface area contributed by atoms with Crippen molar-refractivity contribution in [2.45, 2.75) is 61.9 Å². The normalized spacial score (nSPS) is 17.4. The summed E-state index contributed by atoms with van der Waals surface area (Å²) in [6.07, 6.45) is -1.60. The first kappa shape index (κ1) is 31.3. The van der Waals surface area contributed by atoms with E-state index in [9.17, 15) is 14.4 Å². The molecule has 1 aliphatic rings. The third-order valence-electron chi connectivity index (χ3n) is 5.59. The molecule has 214 valence electrons. The van der Waals surface area contributed by atoms with Crippen molar-refractivity contribution in [3.8, 4) is 11.8 Å². The number of nitrogens with zero attached hydrogens (tertiary/aromatic N) is 3. The van der Waals surface area contributed by atoms with Crippen molar-refractivity contribution in [2.75, 3.05) is 6.54 Å². The molecule has 1 saturated heterocycles. The number of ether oxygens (including phenoxy) is 3. The zero-order valence-corrected chi connectivity index (χ0v) is 24.3. The number of nitriles is 1. The van der Waals surface area contributed by atoms with Gasteiger partial charge in [0.05, 0.1) is 17.7 Å². The van der Waals surface area contributed by atoms with E-state index in [0.717, 1.165) is 10.6 Å². The zero-order valence-electron chi connectivity index (χ0n) is 22.0. The molecule has 0 aromatic heterocycles. The van der Waals surface area contributed by atoms with E-state index in [1.54, 1.807) is 45.0 Å². The van der Waals surface area contributed by atoms with E-state index >= 15 is 0 Å². The first-order valence-electron chi connectivity index (χ1n) is 12.2. The van der Waals surface area contributed by atoms with Gasteiger partial charge < -0.3 is 14.2 Å². The predicted octanol–water partition coefficient (Wildman–Crippen LogP) is 6.13. The minimum Gasteiger partial charge on any atom is -0.444 e. The van der Waals surface area contributed by atoms with E-state index in [4.69, 9.17) is 59.1 Å². The second kappa shape index (κ2) is 13.4. The van der Waals surface area contributed by atoms with Crippen LogP contribution in [0.5, 0.6) is 5.75 Å². The number of hydrogen-bond donors (Lipinski definition) is 0. The van der Waals surface area contributed by atoms with Gasteiger partial charge in [-0.3, -0.25) is 9.74 Å². The first-order valence-corrected chi connectivity index (χ1v) is 13.4. The van der Waals surface area contributed by atoms with Crippen LogP contribution >= 0.6 is 34.8 Å². The highest BCUT2D eigenvalue weighted by Gasteiger charge is 2.44. The molecular formula is C27H28Cl3N3O7. The van der Waals surface area contributed by atoms with Gasteiger partial charge in [0, 0.05) is 6.54 Å². The highest BCUT2D eigenvalue weighted by molar-refractivity contribution is 6.66. The molecule has 40 heavy (non-hydrogen) atoms. The van der Waals surface area contributed by atoms with Crippen molar-refractivity contribution in [1.29, 1.82) is 5.26 Å². The number of amides is 2. The molecule has 0 aliphatic carbocycles. The minimum atomic E-state index is -2.36. The highest BCUT2D eigenvalue weighted by atomic mass is 35.6. The van der Waals surface area contributed by atoms with Gasteiger partial charge in [0.2, 0.25) is 0 Å². The van der Waals surface area contributed by atoms with Crippen LogP contribution in [0.15, 0.2) is 54.6 Å². The number of hydroxylamine groups is 2. The van der Waals surface area contributed by atoms with Crippen molar-refractivity contribution in [2.24, 2.45) is 0 Å². The number of benzene rings is 2. The number of carbonyl (C=O) groups is 3. The van der Waals surface area contributed by atoms with Crippen molar-refractivity contribution >= 4 is 53.0 Å². The van der Waals surface area contributed by atoms with Crippen LogP contribution in [-0.4, -0.2) is 56.3 Å². The second-order valence-corrected chi connectivity index (χ2v) is 12.0. The van der Waals surface area contributed by atoms with Gasteiger partial charge in [-0.2, -0.15) is 10.3 Å². The van der Waals surface area contributed by atoms with Crippen molar-refractivity contribution < 1.29 is 33.4 Å². The number of piperidine rings is 1. The average molecular weight is 613 g/mol. The fourth-order valence-electron chi connectivity index (χ4n) is 3.86. The van der Waals surface area contributed by atoms with Gasteiger partial charge in [-0.1, -0.05) is 30.3 Å². The summed E-state index contributed by atoms with van der Waals surface area (Å²) in [5.41, 5.74) is 0.273. The SMILES string of the molecule is CC(C)(C)OC(=O)N1C[C@H](N(OCc2ccccc2)C(=O)OC(Cl)(Cl)Cl)CC[C@H]1C(=O)Oc1ccc(C#N)cc1. The summed E-state index contributed by atoms with van der Waals surface area (Å²) in [6, 6.07) is 15.1. The van der Waals surface area contributed by atoms with E-state index in [2.05, 4.69) is 0 Å². The monoisotopic (exact) mass is 611 g/mol. The van der Waals surface area contributed by atoms with Crippen LogP contribution in [0, 0.1) is 11.3 Å². The van der Waals surface area contributed by atoms with E-state index in [1.807, 2.05) is 12.1 Å². The Morgan fingerprint density at radius 2 is 1.65 bits per heavy atom. The smallest absolute Gasteiger partial charge is 0.437 e. The second-order valence-electron chi connectivity index (χ2n) is 9.84. The standard InChI is InChI=1S/C27H28Cl3N3O7/c1-26(2,3)39-24(35)32-16-20(11-14-22(32)23(34)38-21-12-9-18(15-31)10-13-21)33(25(36)40-27(28,29)30)37-17-19-7-5-4-6-8-19/h4-10,12-13,20,22H,11,14,16-17H2,1-3H3/t20-,22+/m1/s1. The molecule has 1 fully saturated rings. The van der Waals surface area contributed by atoms with E-state index < -0.39 is 39.8 Å². The molecule has 10 nitrogen and oxygen atoms in total. The molecule has 13 heteroatoms. The topological polar surface area (TPSA) is 118 Å². The predicted molar refractivity (Wildman–Crippen MR) is 146 cm³/mol. The zero-order chi connectivity index (χ0) is 29.5. The summed E-state index contributed by atoms with van der Waals surface area (Å²) in [5.74, 6) is -0.510. The quantitative estimate of drug-likeness (QED) is 0.165. The summed E-state index contributed by atoms with van der Waals surface area (Å²) in [7, 11) is 0. The van der Waals surface area contributed by atoms with Gasteiger partial charge in [0.1, 0.15) is 24.0 Å². The van der Waals surface area contributed by atoms with Crippen LogP contribution in [0.25, 0.3) is 0 Å². The molecule has 1 heterocycles. The highest BCUT2D eigenvalue weighted by Crippen LogP contribution is 2.31. The number of carbonyl (C=O) groups excluding carboxylic acids is 3. The number of hydrogen-bond acceptors (Lipinski definition) is 8. The maximum atomic E-state index is 13.2. The fourth-order valence-corrected chi connectivity index (χ4v) is 4.06. The van der Waals surface area contributed by atoms with Crippen LogP contribution < -0.4 is 4.74 Å². The Morgan fingerprint density at radius 3 is 2.23 bits per heavy atom. The summed E-state index contributed by atoms with van der Waals surface area (Å²) < 4.78 is 13.6. The Labute approximate surface area is 247 Å². The summed E-state index contributed by atoms with van der Waals surface area (Å²) in [4.78, 5) is 46.3. The van der Waals surface area contributed by atoms with Gasteiger partial charge in [0.15, 0.2) is 0 Å². The molecule has 2 aromatic carbocycles. The molecule has 0 N–H and O–H groups in total. The lowest BCUT2D eigenvalue weighted by Gasteiger charge is -2.41. The molecule has 0 radical (unpaired) electrons. The lowest BCUT2D eigenvalue weighted by atomic mass is 9.98. The maximum absolute atomic E-state index is 13.2. The summed E-state index contributed by atoms with van der Waals surface area (Å²) in [5, 5.41) is 9.89. The Balaban J connectivity index is 1.84. The van der Waals surface area contributed by atoms with Crippen LogP contribution in [0.3, 0.4) is 0 Å². The lowest BCUT2D eigenvalue weighted by molar-refractivity contribution is -0.184. The lowest BCUT2D eigenvalue weighted by Crippen LogP contribution is -2.58. The Hall–Kier alpha value is -3.23. The van der Waals surface area contributed by atoms with Crippen LogP contribution in [0.4, 0.5) is 9.59 Å². The van der Waals surface area contributed by atoms with Gasteiger partial charge in [0.25, 0.3) is 0 Å². The van der Waals surface area contributed by atoms with Crippen LogP contribution in [0.1, 0.15) is 44.7 Å². The third kappa shape index (κ3) is 9.45. The van der Waals surface area contributed by atoms with Gasteiger partial charge in [-0.05, 0) is 98.2 Å². The molecule has 3 rings (SSSR count). The van der Waals surface area contributed by atoms with E-state index in [1.165, 1.54) is 29.2 Å². The fraction of sp³-hybridized carbons (Fsp3) is 0.407. The van der Waals surface area contributed by atoms with Gasteiger partial charge >= 0.3 is 22.1 Å². The van der Waals surface area contributed by atoms with E-state index in [-0.39, 0.29) is 31.7 Å². The molecular weight excluding hydrogens is 585 g/mol. The third-order valence-corrected chi connectivity index (χ3v) is 5.82. The Bertz CT molecular complexity index is 1230. The average Bonchev–Trinajstić information content (AvgIpc) is 2.87. The van der Waals surface area contributed by atoms with Gasteiger partial charge in [-0.15, -0.1) is 0 Å². The number of halogens is 3. The van der Waals surface area contributed by atoms with Crippen LogP contribution in [0.2, 0.25) is 0 Å². The summed E-state index contributed by atoms with van der Waals surface area (Å²) >= 11 is 17.0. The van der Waals surface area contributed by atoms with E-state index in [0.29, 0.717) is 5.56 Å². The minimum absolute atomic E-state index is 0.0249. The number of rotatable bonds is 6. The molecule has 1 aliphatic heterocycles. The first-order chi connectivity index (χ1) is 18.8. The Morgan fingerprint density at radius 1 is 1.00 bits per heavy atom. The van der Waals surface area contributed by atoms with Crippen molar-refractivity contribution in [3.05, 3.63) is 65.7 Å². The van der Waals surface area contributed by atoms with Crippen LogP contribution in [-0.2, 0) is 25.7 Å². The molecule has 0 spiro atoms. The number of alkyl halides is 3. The van der Waals surface area contributed by atoms with Gasteiger partial charge in [-0.25, -0.2) is 14.4 Å². The molecule has 0 bridgehead atoms. The number of esters is 1. The molecule has 2 atom stereocenters. The number of likely N-dealkylation sites (tertiary alicyclic amines) is 1. The Kier molecular flexibility index (Phi) is 10.5. The van der Waals surface area contributed by atoms with Crippen molar-refractivity contribution in [1.82, 2.24) is 9.96 Å². The largest absolute Gasteiger partial charge is 0.444 e. The summed E-state index contributed by atoms with van der Waals surface area (Å²) in [6.45, 7) is 4.85.